The zero-order chi connectivity index (χ0) is 17.0. The lowest BCUT2D eigenvalue weighted by Gasteiger charge is -2.19. The van der Waals surface area contributed by atoms with Gasteiger partial charge in [-0.25, -0.2) is 8.78 Å². The number of hydrogen-bond acceptors (Lipinski definition) is 1. The van der Waals surface area contributed by atoms with Crippen LogP contribution in [0.3, 0.4) is 0 Å². The molecule has 0 aliphatic heterocycles. The summed E-state index contributed by atoms with van der Waals surface area (Å²) in [5.74, 6) is 0.203. The lowest BCUT2D eigenvalue weighted by atomic mass is 9.96. The van der Waals surface area contributed by atoms with Crippen molar-refractivity contribution < 1.29 is 8.78 Å². The number of guanidine groups is 1. The molecule has 3 nitrogen and oxygen atoms in total. The average Bonchev–Trinajstić information content (AvgIpc) is 3.36. The highest BCUT2D eigenvalue weighted by atomic mass is 127. The average molecular weight is 457 g/mol. The summed E-state index contributed by atoms with van der Waals surface area (Å²) in [6, 6.07) is 13.3. The van der Waals surface area contributed by atoms with E-state index in [0.29, 0.717) is 19.0 Å². The SMILES string of the molecule is CN=C(NCc1cccc(F)c1)NCC1(c2cccc(F)c2)CC1.I. The number of halogens is 3. The van der Waals surface area contributed by atoms with Crippen LogP contribution >= 0.6 is 24.0 Å². The molecule has 2 aromatic carbocycles. The molecule has 1 fully saturated rings. The van der Waals surface area contributed by atoms with Crippen LogP contribution in [0, 0.1) is 11.6 Å². The van der Waals surface area contributed by atoms with Crippen molar-refractivity contribution in [2.75, 3.05) is 13.6 Å². The predicted octanol–water partition coefficient (Wildman–Crippen LogP) is 3.98. The lowest BCUT2D eigenvalue weighted by molar-refractivity contribution is 0.606. The third-order valence-electron chi connectivity index (χ3n) is 4.46. The van der Waals surface area contributed by atoms with E-state index in [-0.39, 0.29) is 41.0 Å². The van der Waals surface area contributed by atoms with Crippen LogP contribution in [0.1, 0.15) is 24.0 Å². The second kappa shape index (κ2) is 8.60. The van der Waals surface area contributed by atoms with Gasteiger partial charge in [0.05, 0.1) is 0 Å². The highest BCUT2D eigenvalue weighted by Crippen LogP contribution is 2.47. The van der Waals surface area contributed by atoms with Crippen LogP contribution < -0.4 is 10.6 Å². The van der Waals surface area contributed by atoms with Crippen molar-refractivity contribution in [2.24, 2.45) is 4.99 Å². The molecule has 0 aromatic heterocycles. The predicted molar refractivity (Wildman–Crippen MR) is 107 cm³/mol. The minimum absolute atomic E-state index is 0. The summed E-state index contributed by atoms with van der Waals surface area (Å²) < 4.78 is 26.6. The Bertz CT molecular complexity index is 745. The summed E-state index contributed by atoms with van der Waals surface area (Å²) in [7, 11) is 1.70. The van der Waals surface area contributed by atoms with Crippen LogP contribution in [0.5, 0.6) is 0 Å². The molecule has 1 aliphatic carbocycles. The largest absolute Gasteiger partial charge is 0.356 e. The third kappa shape index (κ3) is 5.14. The summed E-state index contributed by atoms with van der Waals surface area (Å²) in [6.07, 6.45) is 2.06. The van der Waals surface area contributed by atoms with Crippen molar-refractivity contribution in [1.82, 2.24) is 10.6 Å². The minimum Gasteiger partial charge on any atom is -0.356 e. The standard InChI is InChI=1S/C19H21F2N3.HI/c1-22-18(23-12-14-4-2-6-16(20)10-14)24-13-19(8-9-19)15-5-3-7-17(21)11-15;/h2-7,10-11H,8-9,12-13H2,1H3,(H2,22,23,24);1H. The molecule has 0 unspecified atom stereocenters. The Morgan fingerprint density at radius 3 is 2.32 bits per heavy atom. The Morgan fingerprint density at radius 1 is 1.04 bits per heavy atom. The first kappa shape index (κ1) is 19.6. The first-order valence-electron chi connectivity index (χ1n) is 8.06. The monoisotopic (exact) mass is 457 g/mol. The molecule has 25 heavy (non-hydrogen) atoms. The number of nitrogens with one attached hydrogen (secondary N) is 2. The van der Waals surface area contributed by atoms with E-state index in [1.165, 1.54) is 18.2 Å². The Balaban J connectivity index is 0.00000225. The molecule has 2 aromatic rings. The topological polar surface area (TPSA) is 36.4 Å². The van der Waals surface area contributed by atoms with Gasteiger partial charge in [0.25, 0.3) is 0 Å². The number of aliphatic imine (C=N–C) groups is 1. The van der Waals surface area contributed by atoms with Gasteiger partial charge in [0.2, 0.25) is 0 Å². The van der Waals surface area contributed by atoms with Gasteiger partial charge in [-0.05, 0) is 48.2 Å². The van der Waals surface area contributed by atoms with E-state index in [9.17, 15) is 8.78 Å². The lowest BCUT2D eigenvalue weighted by Crippen LogP contribution is -2.40. The number of hydrogen-bond donors (Lipinski definition) is 2. The van der Waals surface area contributed by atoms with Crippen LogP contribution in [-0.2, 0) is 12.0 Å². The van der Waals surface area contributed by atoms with Crippen molar-refractivity contribution in [3.63, 3.8) is 0 Å². The molecule has 0 spiro atoms. The highest BCUT2D eigenvalue weighted by molar-refractivity contribution is 14.0. The molecule has 0 saturated heterocycles. The van der Waals surface area contributed by atoms with E-state index < -0.39 is 0 Å². The van der Waals surface area contributed by atoms with Gasteiger partial charge >= 0.3 is 0 Å². The van der Waals surface area contributed by atoms with Crippen molar-refractivity contribution in [1.29, 1.82) is 0 Å². The normalized spacial score (nSPS) is 15.2. The van der Waals surface area contributed by atoms with Crippen molar-refractivity contribution in [3.8, 4) is 0 Å². The van der Waals surface area contributed by atoms with Gasteiger partial charge in [0.1, 0.15) is 11.6 Å². The second-order valence-electron chi connectivity index (χ2n) is 6.20. The van der Waals surface area contributed by atoms with E-state index in [1.807, 2.05) is 12.1 Å². The molecule has 3 rings (SSSR count). The summed E-state index contributed by atoms with van der Waals surface area (Å²) in [6.45, 7) is 1.18. The van der Waals surface area contributed by atoms with Crippen molar-refractivity contribution in [2.45, 2.75) is 24.8 Å². The Labute approximate surface area is 164 Å². The zero-order valence-electron chi connectivity index (χ0n) is 14.1. The van der Waals surface area contributed by atoms with Crippen molar-refractivity contribution >= 4 is 29.9 Å². The van der Waals surface area contributed by atoms with Gasteiger partial charge < -0.3 is 10.6 Å². The highest BCUT2D eigenvalue weighted by Gasteiger charge is 2.44. The van der Waals surface area contributed by atoms with Gasteiger partial charge in [-0.1, -0.05) is 24.3 Å². The van der Waals surface area contributed by atoms with E-state index in [4.69, 9.17) is 0 Å². The number of nitrogens with zero attached hydrogens (tertiary/aromatic N) is 1. The Morgan fingerprint density at radius 2 is 1.72 bits per heavy atom. The summed E-state index contributed by atoms with van der Waals surface area (Å²) in [5.41, 5.74) is 1.86. The third-order valence-corrected chi connectivity index (χ3v) is 4.46. The molecule has 1 aliphatic rings. The fraction of sp³-hybridized carbons (Fsp3) is 0.316. The van der Waals surface area contributed by atoms with Crippen LogP contribution in [0.4, 0.5) is 8.78 Å². The van der Waals surface area contributed by atoms with Gasteiger partial charge in [-0.2, -0.15) is 0 Å². The molecule has 0 amide bonds. The fourth-order valence-corrected chi connectivity index (χ4v) is 2.84. The van der Waals surface area contributed by atoms with E-state index in [2.05, 4.69) is 15.6 Å². The zero-order valence-corrected chi connectivity index (χ0v) is 16.4. The van der Waals surface area contributed by atoms with Gasteiger partial charge in [0.15, 0.2) is 5.96 Å². The minimum atomic E-state index is -0.250. The molecule has 134 valence electrons. The fourth-order valence-electron chi connectivity index (χ4n) is 2.84. The molecular weight excluding hydrogens is 435 g/mol. The molecule has 0 bridgehead atoms. The first-order chi connectivity index (χ1) is 11.6. The Hall–Kier alpha value is -1.70. The number of benzene rings is 2. The maximum Gasteiger partial charge on any atom is 0.191 e. The summed E-state index contributed by atoms with van der Waals surface area (Å²) >= 11 is 0. The van der Waals surface area contributed by atoms with Crippen LogP contribution in [0.2, 0.25) is 0 Å². The molecular formula is C19H22F2IN3. The smallest absolute Gasteiger partial charge is 0.191 e. The first-order valence-corrected chi connectivity index (χ1v) is 8.06. The maximum atomic E-state index is 13.4. The molecule has 6 heteroatoms. The van der Waals surface area contributed by atoms with E-state index in [1.54, 1.807) is 25.2 Å². The van der Waals surface area contributed by atoms with E-state index >= 15 is 0 Å². The summed E-state index contributed by atoms with van der Waals surface area (Å²) in [4.78, 5) is 4.19. The van der Waals surface area contributed by atoms with E-state index in [0.717, 1.165) is 24.0 Å². The second-order valence-corrected chi connectivity index (χ2v) is 6.20. The molecule has 0 atom stereocenters. The van der Waals surface area contributed by atoms with Crippen LogP contribution in [0.25, 0.3) is 0 Å². The van der Waals surface area contributed by atoms with Crippen LogP contribution in [0.15, 0.2) is 53.5 Å². The van der Waals surface area contributed by atoms with Crippen molar-refractivity contribution in [3.05, 3.63) is 71.3 Å². The van der Waals surface area contributed by atoms with Gasteiger partial charge in [-0.3, -0.25) is 4.99 Å². The molecule has 0 heterocycles. The Kier molecular flexibility index (Phi) is 6.75. The van der Waals surface area contributed by atoms with Crippen LogP contribution in [-0.4, -0.2) is 19.6 Å². The molecule has 0 radical (unpaired) electrons. The number of rotatable bonds is 5. The molecule has 2 N–H and O–H groups in total. The summed E-state index contributed by atoms with van der Waals surface area (Å²) in [5, 5.41) is 6.47. The van der Waals surface area contributed by atoms with Gasteiger partial charge in [-0.15, -0.1) is 24.0 Å². The quantitative estimate of drug-likeness (QED) is 0.405. The van der Waals surface area contributed by atoms with Gasteiger partial charge in [0, 0.05) is 25.6 Å². The molecule has 1 saturated carbocycles. The maximum absolute atomic E-state index is 13.4.